The molecule has 2 heteroatoms. The summed E-state index contributed by atoms with van der Waals surface area (Å²) in [6.45, 7) is 0. The van der Waals surface area contributed by atoms with Gasteiger partial charge in [0.1, 0.15) is 0 Å². The molecule has 0 amide bonds. The van der Waals surface area contributed by atoms with Crippen molar-refractivity contribution in [2.24, 2.45) is 0 Å². The van der Waals surface area contributed by atoms with Crippen molar-refractivity contribution in [2.45, 2.75) is 24.9 Å². The molecule has 0 saturated carbocycles. The SMILES string of the molecule is c1cc2c(cn1)[C@@H]1CC[C@H]2N1. The zero-order valence-corrected chi connectivity index (χ0v) is 6.25. The van der Waals surface area contributed by atoms with Gasteiger partial charge in [-0.05, 0) is 30.0 Å². The monoisotopic (exact) mass is 146 g/mol. The number of rotatable bonds is 0. The third kappa shape index (κ3) is 0.627. The third-order valence-electron chi connectivity index (χ3n) is 2.78. The van der Waals surface area contributed by atoms with Crippen LogP contribution in [0.25, 0.3) is 0 Å². The van der Waals surface area contributed by atoms with E-state index < -0.39 is 0 Å². The van der Waals surface area contributed by atoms with Gasteiger partial charge in [0, 0.05) is 24.5 Å². The van der Waals surface area contributed by atoms with Crippen molar-refractivity contribution in [2.75, 3.05) is 0 Å². The summed E-state index contributed by atoms with van der Waals surface area (Å²) in [6, 6.07) is 3.40. The van der Waals surface area contributed by atoms with Crippen LogP contribution in [0.5, 0.6) is 0 Å². The maximum atomic E-state index is 4.14. The molecule has 1 aromatic heterocycles. The van der Waals surface area contributed by atoms with Crippen LogP contribution in [-0.2, 0) is 0 Å². The highest BCUT2D eigenvalue weighted by atomic mass is 15.0. The first-order valence-electron chi connectivity index (χ1n) is 4.15. The number of fused-ring (bicyclic) bond motifs is 5. The Morgan fingerprint density at radius 3 is 2.91 bits per heavy atom. The highest BCUT2D eigenvalue weighted by molar-refractivity contribution is 5.37. The minimum Gasteiger partial charge on any atom is -0.303 e. The molecule has 1 aromatic rings. The van der Waals surface area contributed by atoms with Crippen molar-refractivity contribution in [1.29, 1.82) is 0 Å². The Balaban J connectivity index is 2.23. The first-order valence-corrected chi connectivity index (χ1v) is 4.15. The minimum absolute atomic E-state index is 0.615. The molecule has 0 radical (unpaired) electrons. The van der Waals surface area contributed by atoms with Crippen molar-refractivity contribution >= 4 is 0 Å². The van der Waals surface area contributed by atoms with Gasteiger partial charge in [-0.15, -0.1) is 0 Å². The van der Waals surface area contributed by atoms with E-state index in [1.807, 2.05) is 12.4 Å². The first kappa shape index (κ1) is 5.72. The number of nitrogens with one attached hydrogen (secondary N) is 1. The summed E-state index contributed by atoms with van der Waals surface area (Å²) >= 11 is 0. The maximum Gasteiger partial charge on any atom is 0.0345 e. The summed E-state index contributed by atoms with van der Waals surface area (Å²) in [7, 11) is 0. The smallest absolute Gasteiger partial charge is 0.0345 e. The van der Waals surface area contributed by atoms with Crippen LogP contribution in [0, 0.1) is 0 Å². The molecule has 0 aliphatic carbocycles. The van der Waals surface area contributed by atoms with Gasteiger partial charge in [0.15, 0.2) is 0 Å². The Bertz CT molecular complexity index is 266. The molecule has 2 nitrogen and oxygen atoms in total. The van der Waals surface area contributed by atoms with E-state index in [1.165, 1.54) is 24.0 Å². The number of hydrogen-bond acceptors (Lipinski definition) is 2. The van der Waals surface area contributed by atoms with Gasteiger partial charge in [-0.1, -0.05) is 0 Å². The van der Waals surface area contributed by atoms with Crippen molar-refractivity contribution in [3.63, 3.8) is 0 Å². The van der Waals surface area contributed by atoms with E-state index >= 15 is 0 Å². The van der Waals surface area contributed by atoms with Gasteiger partial charge in [0.2, 0.25) is 0 Å². The average molecular weight is 146 g/mol. The second kappa shape index (κ2) is 1.83. The van der Waals surface area contributed by atoms with Crippen LogP contribution in [-0.4, -0.2) is 4.98 Å². The van der Waals surface area contributed by atoms with Gasteiger partial charge in [-0.2, -0.15) is 0 Å². The van der Waals surface area contributed by atoms with E-state index in [1.54, 1.807) is 0 Å². The molecule has 11 heavy (non-hydrogen) atoms. The zero-order chi connectivity index (χ0) is 7.26. The molecule has 1 fully saturated rings. The maximum absolute atomic E-state index is 4.14. The predicted octanol–water partition coefficient (Wildman–Crippen LogP) is 1.56. The van der Waals surface area contributed by atoms with Crippen LogP contribution in [0.4, 0.5) is 0 Å². The van der Waals surface area contributed by atoms with Crippen LogP contribution in [0.3, 0.4) is 0 Å². The standard InChI is InChI=1S/C9H10N2/c1-2-9-7-5-10-4-3-6(7)8(1)11-9/h3-5,8-9,11H,1-2H2/t8-,9+/m1/s1. The molecule has 2 aliphatic rings. The summed E-state index contributed by atoms with van der Waals surface area (Å²) < 4.78 is 0. The van der Waals surface area contributed by atoms with Crippen LogP contribution in [0.15, 0.2) is 18.5 Å². The van der Waals surface area contributed by atoms with E-state index in [0.717, 1.165) is 0 Å². The van der Waals surface area contributed by atoms with Crippen LogP contribution >= 0.6 is 0 Å². The van der Waals surface area contributed by atoms with E-state index in [9.17, 15) is 0 Å². The molecule has 1 N–H and O–H groups in total. The van der Waals surface area contributed by atoms with Gasteiger partial charge in [-0.3, -0.25) is 4.98 Å². The quantitative estimate of drug-likeness (QED) is 0.600. The molecule has 0 aromatic carbocycles. The molecule has 0 unspecified atom stereocenters. The van der Waals surface area contributed by atoms with Gasteiger partial charge in [0.05, 0.1) is 0 Å². The predicted molar refractivity (Wildman–Crippen MR) is 42.1 cm³/mol. The first-order chi connectivity index (χ1) is 5.45. The Morgan fingerprint density at radius 1 is 1.27 bits per heavy atom. The minimum atomic E-state index is 0.615. The lowest BCUT2D eigenvalue weighted by atomic mass is 9.94. The van der Waals surface area contributed by atoms with Crippen molar-refractivity contribution in [1.82, 2.24) is 10.3 Å². The zero-order valence-electron chi connectivity index (χ0n) is 6.25. The number of nitrogens with zero attached hydrogens (tertiary/aromatic N) is 1. The lowest BCUT2D eigenvalue weighted by Crippen LogP contribution is -2.05. The summed E-state index contributed by atoms with van der Waals surface area (Å²) in [5.41, 5.74) is 2.92. The molecule has 3 rings (SSSR count). The molecular weight excluding hydrogens is 136 g/mol. The Labute approximate surface area is 65.6 Å². The van der Waals surface area contributed by atoms with Crippen LogP contribution in [0.2, 0.25) is 0 Å². The Kier molecular flexibility index (Phi) is 0.950. The normalized spacial score (nSPS) is 32.4. The highest BCUT2D eigenvalue weighted by Gasteiger charge is 2.35. The van der Waals surface area contributed by atoms with Crippen molar-refractivity contribution in [3.05, 3.63) is 29.6 Å². The van der Waals surface area contributed by atoms with Gasteiger partial charge < -0.3 is 5.32 Å². The second-order valence-electron chi connectivity index (χ2n) is 3.35. The van der Waals surface area contributed by atoms with Crippen LogP contribution in [0.1, 0.15) is 36.1 Å². The van der Waals surface area contributed by atoms with Gasteiger partial charge in [0.25, 0.3) is 0 Å². The van der Waals surface area contributed by atoms with E-state index in [-0.39, 0.29) is 0 Å². The molecule has 0 spiro atoms. The van der Waals surface area contributed by atoms with Crippen molar-refractivity contribution in [3.8, 4) is 0 Å². The van der Waals surface area contributed by atoms with Gasteiger partial charge in [-0.25, -0.2) is 0 Å². The highest BCUT2D eigenvalue weighted by Crippen LogP contribution is 2.43. The molecule has 2 bridgehead atoms. The van der Waals surface area contributed by atoms with Crippen molar-refractivity contribution < 1.29 is 0 Å². The molecule has 1 saturated heterocycles. The molecule has 2 atom stereocenters. The lowest BCUT2D eigenvalue weighted by molar-refractivity contribution is 0.639. The Morgan fingerprint density at radius 2 is 2.09 bits per heavy atom. The number of aromatic nitrogens is 1. The topological polar surface area (TPSA) is 24.9 Å². The molecule has 3 heterocycles. The number of pyridine rings is 1. The summed E-state index contributed by atoms with van der Waals surface area (Å²) in [5.74, 6) is 0. The number of hydrogen-bond donors (Lipinski definition) is 1. The lowest BCUT2D eigenvalue weighted by Gasteiger charge is -2.10. The van der Waals surface area contributed by atoms with E-state index in [0.29, 0.717) is 12.1 Å². The molecule has 2 aliphatic heterocycles. The average Bonchev–Trinajstić information content (AvgIpc) is 2.64. The van der Waals surface area contributed by atoms with E-state index in [2.05, 4.69) is 16.4 Å². The fourth-order valence-corrected chi connectivity index (χ4v) is 2.26. The largest absolute Gasteiger partial charge is 0.303 e. The van der Waals surface area contributed by atoms with Gasteiger partial charge >= 0.3 is 0 Å². The summed E-state index contributed by atoms with van der Waals surface area (Å²) in [6.07, 6.45) is 6.50. The molecular formula is C9H10N2. The fraction of sp³-hybridized carbons (Fsp3) is 0.444. The van der Waals surface area contributed by atoms with Crippen LogP contribution < -0.4 is 5.32 Å². The second-order valence-corrected chi connectivity index (χ2v) is 3.35. The summed E-state index contributed by atoms with van der Waals surface area (Å²) in [5, 5.41) is 3.55. The fourth-order valence-electron chi connectivity index (χ4n) is 2.26. The summed E-state index contributed by atoms with van der Waals surface area (Å²) in [4.78, 5) is 4.14. The third-order valence-corrected chi connectivity index (χ3v) is 2.78. The Hall–Kier alpha value is -0.890. The van der Waals surface area contributed by atoms with E-state index in [4.69, 9.17) is 0 Å². The molecule has 56 valence electrons.